The van der Waals surface area contributed by atoms with Gasteiger partial charge in [-0.1, -0.05) is 25.5 Å². The fraction of sp³-hybridized carbons (Fsp3) is 0.800. The zero-order valence-corrected chi connectivity index (χ0v) is 7.64. The van der Waals surface area contributed by atoms with Crippen molar-refractivity contribution in [1.29, 1.82) is 0 Å². The molecule has 0 fully saturated rings. The van der Waals surface area contributed by atoms with Crippen molar-refractivity contribution in [2.24, 2.45) is 11.7 Å². The molecular formula is C10H19N. The standard InChI is InChI=1S/C10H19N/c1-8(2)10(11)9-6-4-3-5-7-9/h6,8,10H,3-5,7,11H2,1-2H3. The Morgan fingerprint density at radius 1 is 1.36 bits per heavy atom. The molecule has 0 bridgehead atoms. The Morgan fingerprint density at radius 3 is 2.55 bits per heavy atom. The lowest BCUT2D eigenvalue weighted by molar-refractivity contribution is 0.514. The fourth-order valence-electron chi connectivity index (χ4n) is 1.59. The van der Waals surface area contributed by atoms with E-state index in [0.717, 1.165) is 0 Å². The van der Waals surface area contributed by atoms with Gasteiger partial charge in [-0.25, -0.2) is 0 Å². The van der Waals surface area contributed by atoms with Crippen LogP contribution >= 0.6 is 0 Å². The highest BCUT2D eigenvalue weighted by molar-refractivity contribution is 5.12. The molecule has 1 aliphatic carbocycles. The SMILES string of the molecule is CC(C)C(N)C1=CCCCC1. The van der Waals surface area contributed by atoms with Gasteiger partial charge < -0.3 is 5.73 Å². The van der Waals surface area contributed by atoms with E-state index in [1.807, 2.05) is 0 Å². The molecule has 64 valence electrons. The minimum Gasteiger partial charge on any atom is -0.324 e. The summed E-state index contributed by atoms with van der Waals surface area (Å²) in [5.74, 6) is 0.597. The molecule has 2 N–H and O–H groups in total. The van der Waals surface area contributed by atoms with Crippen molar-refractivity contribution in [2.45, 2.75) is 45.6 Å². The second-order valence-electron chi connectivity index (χ2n) is 3.79. The van der Waals surface area contributed by atoms with Crippen LogP contribution < -0.4 is 5.73 Å². The maximum absolute atomic E-state index is 6.02. The van der Waals surface area contributed by atoms with Gasteiger partial charge in [0.1, 0.15) is 0 Å². The van der Waals surface area contributed by atoms with Gasteiger partial charge in [0.25, 0.3) is 0 Å². The Bertz CT molecular complexity index is 147. The van der Waals surface area contributed by atoms with E-state index in [1.165, 1.54) is 31.3 Å². The predicted octanol–water partition coefficient (Wildman–Crippen LogP) is 2.47. The zero-order valence-electron chi connectivity index (χ0n) is 7.64. The lowest BCUT2D eigenvalue weighted by atomic mass is 9.89. The summed E-state index contributed by atoms with van der Waals surface area (Å²) < 4.78 is 0. The highest BCUT2D eigenvalue weighted by Crippen LogP contribution is 2.22. The summed E-state index contributed by atoms with van der Waals surface area (Å²) >= 11 is 0. The maximum atomic E-state index is 6.02. The third kappa shape index (κ3) is 2.33. The van der Waals surface area contributed by atoms with E-state index < -0.39 is 0 Å². The average Bonchev–Trinajstić information content (AvgIpc) is 2.05. The minimum atomic E-state index is 0.315. The number of hydrogen-bond donors (Lipinski definition) is 1. The van der Waals surface area contributed by atoms with Gasteiger partial charge in [0, 0.05) is 6.04 Å². The Hall–Kier alpha value is -0.300. The highest BCUT2D eigenvalue weighted by atomic mass is 14.6. The second kappa shape index (κ2) is 3.91. The van der Waals surface area contributed by atoms with Crippen LogP contribution in [0.5, 0.6) is 0 Å². The van der Waals surface area contributed by atoms with Crippen molar-refractivity contribution >= 4 is 0 Å². The molecule has 0 saturated carbocycles. The molecule has 0 aromatic carbocycles. The van der Waals surface area contributed by atoms with Gasteiger partial charge in [0.15, 0.2) is 0 Å². The lowest BCUT2D eigenvalue weighted by Crippen LogP contribution is -2.29. The molecule has 0 aromatic rings. The number of nitrogens with two attached hydrogens (primary N) is 1. The van der Waals surface area contributed by atoms with Gasteiger partial charge in [-0.2, -0.15) is 0 Å². The van der Waals surface area contributed by atoms with Crippen LogP contribution in [-0.4, -0.2) is 6.04 Å². The normalized spacial score (nSPS) is 21.6. The fourth-order valence-corrected chi connectivity index (χ4v) is 1.59. The Kier molecular flexibility index (Phi) is 3.13. The van der Waals surface area contributed by atoms with Crippen molar-refractivity contribution in [3.8, 4) is 0 Å². The summed E-state index contributed by atoms with van der Waals surface area (Å²) in [5, 5.41) is 0. The van der Waals surface area contributed by atoms with Crippen LogP contribution in [0.15, 0.2) is 11.6 Å². The first-order valence-corrected chi connectivity index (χ1v) is 4.66. The molecule has 0 radical (unpaired) electrons. The van der Waals surface area contributed by atoms with E-state index in [9.17, 15) is 0 Å². The molecule has 1 rings (SSSR count). The molecule has 0 amide bonds. The highest BCUT2D eigenvalue weighted by Gasteiger charge is 2.14. The molecule has 0 aliphatic heterocycles. The predicted molar refractivity (Wildman–Crippen MR) is 49.4 cm³/mol. The molecule has 1 aliphatic rings. The van der Waals surface area contributed by atoms with E-state index in [4.69, 9.17) is 5.73 Å². The molecule has 0 saturated heterocycles. The average molecular weight is 153 g/mol. The van der Waals surface area contributed by atoms with Crippen molar-refractivity contribution in [3.05, 3.63) is 11.6 Å². The van der Waals surface area contributed by atoms with Gasteiger partial charge >= 0.3 is 0 Å². The smallest absolute Gasteiger partial charge is 0.0276 e. The van der Waals surface area contributed by atoms with Crippen LogP contribution in [0.4, 0.5) is 0 Å². The van der Waals surface area contributed by atoms with E-state index in [1.54, 1.807) is 0 Å². The third-order valence-electron chi connectivity index (χ3n) is 2.47. The van der Waals surface area contributed by atoms with Gasteiger partial charge in [-0.05, 0) is 31.6 Å². The van der Waals surface area contributed by atoms with E-state index in [-0.39, 0.29) is 0 Å². The minimum absolute atomic E-state index is 0.315. The number of allylic oxidation sites excluding steroid dienone is 1. The quantitative estimate of drug-likeness (QED) is 0.606. The molecular weight excluding hydrogens is 134 g/mol. The van der Waals surface area contributed by atoms with Gasteiger partial charge in [-0.3, -0.25) is 0 Å². The van der Waals surface area contributed by atoms with Crippen LogP contribution in [-0.2, 0) is 0 Å². The van der Waals surface area contributed by atoms with Crippen LogP contribution in [0, 0.1) is 5.92 Å². The van der Waals surface area contributed by atoms with Crippen molar-refractivity contribution in [1.82, 2.24) is 0 Å². The monoisotopic (exact) mass is 153 g/mol. The maximum Gasteiger partial charge on any atom is 0.0276 e. The first kappa shape index (κ1) is 8.79. The summed E-state index contributed by atoms with van der Waals surface area (Å²) in [7, 11) is 0. The van der Waals surface area contributed by atoms with Gasteiger partial charge in [0.05, 0.1) is 0 Å². The van der Waals surface area contributed by atoms with Crippen LogP contribution in [0.3, 0.4) is 0 Å². The first-order chi connectivity index (χ1) is 5.22. The Morgan fingerprint density at radius 2 is 2.09 bits per heavy atom. The summed E-state index contributed by atoms with van der Waals surface area (Å²) in [5.41, 5.74) is 7.51. The molecule has 1 heteroatoms. The van der Waals surface area contributed by atoms with Crippen molar-refractivity contribution < 1.29 is 0 Å². The zero-order chi connectivity index (χ0) is 8.27. The molecule has 1 unspecified atom stereocenters. The van der Waals surface area contributed by atoms with Crippen molar-refractivity contribution in [3.63, 3.8) is 0 Å². The molecule has 1 nitrogen and oxygen atoms in total. The molecule has 11 heavy (non-hydrogen) atoms. The van der Waals surface area contributed by atoms with Crippen LogP contribution in [0.25, 0.3) is 0 Å². The summed E-state index contributed by atoms with van der Waals surface area (Å²) in [6.07, 6.45) is 7.52. The second-order valence-corrected chi connectivity index (χ2v) is 3.79. The molecule has 0 heterocycles. The molecule has 0 aromatic heterocycles. The topological polar surface area (TPSA) is 26.0 Å². The van der Waals surface area contributed by atoms with E-state index in [2.05, 4.69) is 19.9 Å². The van der Waals surface area contributed by atoms with Crippen LogP contribution in [0.2, 0.25) is 0 Å². The van der Waals surface area contributed by atoms with Crippen LogP contribution in [0.1, 0.15) is 39.5 Å². The van der Waals surface area contributed by atoms with Gasteiger partial charge in [-0.15, -0.1) is 0 Å². The lowest BCUT2D eigenvalue weighted by Gasteiger charge is -2.22. The molecule has 0 spiro atoms. The largest absolute Gasteiger partial charge is 0.324 e. The summed E-state index contributed by atoms with van der Waals surface area (Å²) in [4.78, 5) is 0. The first-order valence-electron chi connectivity index (χ1n) is 4.66. The van der Waals surface area contributed by atoms with E-state index >= 15 is 0 Å². The Balaban J connectivity index is 2.51. The summed E-state index contributed by atoms with van der Waals surface area (Å²) in [6, 6.07) is 0.315. The van der Waals surface area contributed by atoms with Gasteiger partial charge in [0.2, 0.25) is 0 Å². The number of rotatable bonds is 2. The summed E-state index contributed by atoms with van der Waals surface area (Å²) in [6.45, 7) is 4.39. The number of hydrogen-bond acceptors (Lipinski definition) is 1. The van der Waals surface area contributed by atoms with Crippen molar-refractivity contribution in [2.75, 3.05) is 0 Å². The molecule has 1 atom stereocenters. The van der Waals surface area contributed by atoms with E-state index in [0.29, 0.717) is 12.0 Å². The third-order valence-corrected chi connectivity index (χ3v) is 2.47. The Labute approximate surface area is 69.7 Å².